The third-order valence-electron chi connectivity index (χ3n) is 3.27. The number of rotatable bonds is 7. The minimum absolute atomic E-state index is 0.0311. The first kappa shape index (κ1) is 18.0. The number of amides is 1. The molecule has 0 bridgehead atoms. The summed E-state index contributed by atoms with van der Waals surface area (Å²) in [5.74, 6) is -0.686. The van der Waals surface area contributed by atoms with Crippen LogP contribution in [0, 0.1) is 5.92 Å². The molecule has 122 valence electrons. The highest BCUT2D eigenvalue weighted by atomic mass is 16.5. The first-order chi connectivity index (χ1) is 10.4. The summed E-state index contributed by atoms with van der Waals surface area (Å²) in [6.07, 6.45) is -1.78. The van der Waals surface area contributed by atoms with Gasteiger partial charge in [0.05, 0.1) is 7.11 Å². The van der Waals surface area contributed by atoms with Gasteiger partial charge in [-0.1, -0.05) is 44.2 Å². The van der Waals surface area contributed by atoms with Crippen LogP contribution in [0.4, 0.5) is 4.79 Å². The zero-order chi connectivity index (χ0) is 16.5. The van der Waals surface area contributed by atoms with Crippen LogP contribution in [-0.2, 0) is 20.9 Å². The highest BCUT2D eigenvalue weighted by Crippen LogP contribution is 2.11. The van der Waals surface area contributed by atoms with Crippen LogP contribution >= 0.6 is 0 Å². The monoisotopic (exact) mass is 309 g/mol. The van der Waals surface area contributed by atoms with E-state index in [1.54, 1.807) is 0 Å². The second kappa shape index (κ2) is 9.04. The Balaban J connectivity index is 2.48. The maximum atomic E-state index is 11.8. The Morgan fingerprint density at radius 2 is 1.86 bits per heavy atom. The molecule has 1 amide bonds. The number of esters is 1. The summed E-state index contributed by atoms with van der Waals surface area (Å²) in [7, 11) is 1.21. The number of benzene rings is 1. The van der Waals surface area contributed by atoms with Crippen molar-refractivity contribution in [2.24, 2.45) is 5.92 Å². The Morgan fingerprint density at radius 3 is 2.41 bits per heavy atom. The van der Waals surface area contributed by atoms with E-state index in [1.807, 2.05) is 44.2 Å². The Hall–Kier alpha value is -2.08. The standard InChI is InChI=1S/C16H23NO5/c1-11(2)13(9-14(18)15(19)21-3)17-16(20)22-10-12-7-5-4-6-8-12/h4-8,11,13-14,18H,9-10H2,1-3H3,(H,17,20)/t13-,14-/m1/s1. The Labute approximate surface area is 130 Å². The number of nitrogens with one attached hydrogen (secondary N) is 1. The molecular weight excluding hydrogens is 286 g/mol. The lowest BCUT2D eigenvalue weighted by atomic mass is 9.98. The van der Waals surface area contributed by atoms with Crippen molar-refractivity contribution in [1.82, 2.24) is 5.32 Å². The van der Waals surface area contributed by atoms with E-state index in [0.717, 1.165) is 5.56 Å². The van der Waals surface area contributed by atoms with Crippen LogP contribution in [0.3, 0.4) is 0 Å². The number of ether oxygens (including phenoxy) is 2. The van der Waals surface area contributed by atoms with Gasteiger partial charge >= 0.3 is 12.1 Å². The fraction of sp³-hybridized carbons (Fsp3) is 0.500. The quantitative estimate of drug-likeness (QED) is 0.751. The third-order valence-corrected chi connectivity index (χ3v) is 3.27. The van der Waals surface area contributed by atoms with E-state index in [0.29, 0.717) is 0 Å². The fourth-order valence-corrected chi connectivity index (χ4v) is 1.89. The maximum absolute atomic E-state index is 11.8. The molecule has 0 heterocycles. The fourth-order valence-electron chi connectivity index (χ4n) is 1.89. The Bertz CT molecular complexity index is 475. The molecule has 2 atom stereocenters. The molecule has 0 aliphatic rings. The van der Waals surface area contributed by atoms with E-state index in [2.05, 4.69) is 10.1 Å². The summed E-state index contributed by atoms with van der Waals surface area (Å²) in [6.45, 7) is 3.93. The summed E-state index contributed by atoms with van der Waals surface area (Å²) in [4.78, 5) is 23.1. The number of aliphatic hydroxyl groups is 1. The summed E-state index contributed by atoms with van der Waals surface area (Å²) in [5, 5.41) is 12.4. The molecule has 22 heavy (non-hydrogen) atoms. The van der Waals surface area contributed by atoms with Crippen LogP contribution in [0.1, 0.15) is 25.8 Å². The molecule has 0 fully saturated rings. The number of carbonyl (C=O) groups excluding carboxylic acids is 2. The van der Waals surface area contributed by atoms with E-state index < -0.39 is 24.2 Å². The van der Waals surface area contributed by atoms with Crippen LogP contribution < -0.4 is 5.32 Å². The average Bonchev–Trinajstić information content (AvgIpc) is 2.52. The van der Waals surface area contributed by atoms with Crippen LogP contribution in [0.15, 0.2) is 30.3 Å². The minimum Gasteiger partial charge on any atom is -0.467 e. The van der Waals surface area contributed by atoms with Crippen LogP contribution in [0.25, 0.3) is 0 Å². The lowest BCUT2D eigenvalue weighted by Crippen LogP contribution is -2.42. The molecule has 0 aliphatic heterocycles. The SMILES string of the molecule is COC(=O)[C@H](O)C[C@@H](NC(=O)OCc1ccccc1)C(C)C. The summed E-state index contributed by atoms with van der Waals surface area (Å²) >= 11 is 0. The van der Waals surface area contributed by atoms with E-state index in [9.17, 15) is 14.7 Å². The molecule has 0 saturated carbocycles. The van der Waals surface area contributed by atoms with Crippen molar-refractivity contribution in [3.05, 3.63) is 35.9 Å². The van der Waals surface area contributed by atoms with Crippen molar-refractivity contribution in [1.29, 1.82) is 0 Å². The van der Waals surface area contributed by atoms with Gasteiger partial charge in [0, 0.05) is 12.5 Å². The molecule has 0 aromatic heterocycles. The topological polar surface area (TPSA) is 84.9 Å². The molecule has 0 saturated heterocycles. The van der Waals surface area contributed by atoms with Gasteiger partial charge in [-0.2, -0.15) is 0 Å². The molecule has 1 rings (SSSR count). The zero-order valence-electron chi connectivity index (χ0n) is 13.1. The van der Waals surface area contributed by atoms with Gasteiger partial charge in [0.15, 0.2) is 6.10 Å². The second-order valence-electron chi connectivity index (χ2n) is 5.33. The van der Waals surface area contributed by atoms with Crippen molar-refractivity contribution in [3.8, 4) is 0 Å². The van der Waals surface area contributed by atoms with Crippen molar-refractivity contribution in [2.45, 2.75) is 39.0 Å². The lowest BCUT2D eigenvalue weighted by molar-refractivity contribution is -0.151. The third kappa shape index (κ3) is 6.13. The van der Waals surface area contributed by atoms with Crippen molar-refractivity contribution < 1.29 is 24.2 Å². The van der Waals surface area contributed by atoms with E-state index in [4.69, 9.17) is 4.74 Å². The van der Waals surface area contributed by atoms with Gasteiger partial charge in [-0.3, -0.25) is 0 Å². The van der Waals surface area contributed by atoms with Gasteiger partial charge < -0.3 is 19.9 Å². The van der Waals surface area contributed by atoms with E-state index >= 15 is 0 Å². The molecule has 0 radical (unpaired) electrons. The van der Waals surface area contributed by atoms with Gasteiger partial charge in [-0.05, 0) is 11.5 Å². The van der Waals surface area contributed by atoms with Crippen LogP contribution in [0.5, 0.6) is 0 Å². The molecule has 6 nitrogen and oxygen atoms in total. The summed E-state index contributed by atoms with van der Waals surface area (Å²) < 4.78 is 9.60. The number of methoxy groups -OCH3 is 1. The van der Waals surface area contributed by atoms with Crippen LogP contribution in [0.2, 0.25) is 0 Å². The predicted octanol–water partition coefficient (Wildman–Crippen LogP) is 1.86. The number of hydrogen-bond acceptors (Lipinski definition) is 5. The first-order valence-corrected chi connectivity index (χ1v) is 7.17. The zero-order valence-corrected chi connectivity index (χ0v) is 13.1. The molecule has 0 unspecified atom stereocenters. The highest BCUT2D eigenvalue weighted by Gasteiger charge is 2.25. The van der Waals surface area contributed by atoms with E-state index in [-0.39, 0.29) is 18.9 Å². The lowest BCUT2D eigenvalue weighted by Gasteiger charge is -2.23. The first-order valence-electron chi connectivity index (χ1n) is 7.17. The van der Waals surface area contributed by atoms with E-state index in [1.165, 1.54) is 7.11 Å². The van der Waals surface area contributed by atoms with Gasteiger partial charge in [-0.15, -0.1) is 0 Å². The average molecular weight is 309 g/mol. The highest BCUT2D eigenvalue weighted by molar-refractivity contribution is 5.74. The molecule has 2 N–H and O–H groups in total. The predicted molar refractivity (Wildman–Crippen MR) is 81.0 cm³/mol. The molecule has 0 aliphatic carbocycles. The largest absolute Gasteiger partial charge is 0.467 e. The molecular formula is C16H23NO5. The smallest absolute Gasteiger partial charge is 0.407 e. The van der Waals surface area contributed by atoms with Crippen molar-refractivity contribution in [2.75, 3.05) is 7.11 Å². The molecule has 1 aromatic carbocycles. The number of carbonyl (C=O) groups is 2. The number of aliphatic hydroxyl groups excluding tert-OH is 1. The van der Waals surface area contributed by atoms with Crippen LogP contribution in [-0.4, -0.2) is 36.4 Å². The normalized spacial score (nSPS) is 13.3. The summed E-state index contributed by atoms with van der Waals surface area (Å²) in [6, 6.07) is 8.92. The molecule has 6 heteroatoms. The van der Waals surface area contributed by atoms with Gasteiger partial charge in [-0.25, -0.2) is 9.59 Å². The van der Waals surface area contributed by atoms with Crippen molar-refractivity contribution in [3.63, 3.8) is 0 Å². The number of alkyl carbamates (subject to hydrolysis) is 1. The Morgan fingerprint density at radius 1 is 1.23 bits per heavy atom. The molecule has 1 aromatic rings. The van der Waals surface area contributed by atoms with Crippen molar-refractivity contribution >= 4 is 12.1 Å². The van der Waals surface area contributed by atoms with Gasteiger partial charge in [0.2, 0.25) is 0 Å². The molecule has 0 spiro atoms. The maximum Gasteiger partial charge on any atom is 0.407 e. The number of hydrogen-bond donors (Lipinski definition) is 2. The second-order valence-corrected chi connectivity index (χ2v) is 5.33. The summed E-state index contributed by atoms with van der Waals surface area (Å²) in [5.41, 5.74) is 0.883. The Kier molecular flexibility index (Phi) is 7.39. The van der Waals surface area contributed by atoms with Gasteiger partial charge in [0.1, 0.15) is 6.61 Å². The minimum atomic E-state index is -1.27. The van der Waals surface area contributed by atoms with Gasteiger partial charge in [0.25, 0.3) is 0 Å².